The van der Waals surface area contributed by atoms with E-state index >= 15 is 8.78 Å². The SMILES string of the molecule is CC(C)(C)n1nc(-c2noc(C3CC3)c2-c2ncc(C3CCN(C(=O)OCCN4CCC(N5CCN(c6c(F)cc(OC7CCC(=O)NC7=O)cc6F)CC5)CC4)CC3)cn2)c2c(N)ncnc21. The minimum atomic E-state index is -0.979. The van der Waals surface area contributed by atoms with Crippen molar-refractivity contribution in [2.45, 2.75) is 102 Å². The molecule has 0 bridgehead atoms. The maximum Gasteiger partial charge on any atom is 0.409 e. The Labute approximate surface area is 391 Å². The molecule has 4 saturated heterocycles. The van der Waals surface area contributed by atoms with Gasteiger partial charge in [0.15, 0.2) is 35.0 Å². The number of amides is 3. The van der Waals surface area contributed by atoms with Gasteiger partial charge in [-0.05, 0) is 83.9 Å². The number of nitrogens with two attached hydrogens (primary N) is 1. The van der Waals surface area contributed by atoms with E-state index in [0.717, 1.165) is 75.1 Å². The number of nitrogen functional groups attached to an aromatic ring is 1. The summed E-state index contributed by atoms with van der Waals surface area (Å²) >= 11 is 0. The number of hydrogen-bond acceptors (Lipinski definition) is 16. The number of nitrogens with zero attached hydrogens (tertiary/aromatic N) is 11. The Hall–Kier alpha value is -6.35. The predicted octanol–water partition coefficient (Wildman–Crippen LogP) is 5.22. The summed E-state index contributed by atoms with van der Waals surface area (Å²) < 4.78 is 49.6. The third-order valence-electron chi connectivity index (χ3n) is 13.9. The molecule has 3 amide bonds. The van der Waals surface area contributed by atoms with Crippen LogP contribution in [0.5, 0.6) is 5.75 Å². The third-order valence-corrected chi connectivity index (χ3v) is 13.9. The van der Waals surface area contributed by atoms with Crippen molar-refractivity contribution in [3.63, 3.8) is 0 Å². The van der Waals surface area contributed by atoms with Crippen molar-refractivity contribution in [3.05, 3.63) is 53.8 Å². The van der Waals surface area contributed by atoms with E-state index < -0.39 is 29.6 Å². The van der Waals surface area contributed by atoms with Crippen molar-refractivity contribution in [2.75, 3.05) is 76.1 Å². The first-order chi connectivity index (χ1) is 32.8. The number of piperidine rings is 3. The van der Waals surface area contributed by atoms with Gasteiger partial charge in [0.05, 0.1) is 16.5 Å². The Balaban J connectivity index is 0.669. The average molecular weight is 938 g/mol. The van der Waals surface area contributed by atoms with Gasteiger partial charge in [-0.1, -0.05) is 5.16 Å². The van der Waals surface area contributed by atoms with Gasteiger partial charge in [-0.25, -0.2) is 38.2 Å². The van der Waals surface area contributed by atoms with E-state index in [0.29, 0.717) is 98.1 Å². The molecule has 0 radical (unpaired) electrons. The second-order valence-electron chi connectivity index (χ2n) is 19.5. The Kier molecular flexibility index (Phi) is 12.4. The van der Waals surface area contributed by atoms with Crippen molar-refractivity contribution in [3.8, 4) is 28.5 Å². The molecule has 1 aromatic carbocycles. The molecule has 5 aliphatic rings. The Morgan fingerprint density at radius 3 is 2.24 bits per heavy atom. The number of hydrogen-bond donors (Lipinski definition) is 2. The van der Waals surface area contributed by atoms with Crippen LogP contribution >= 0.6 is 0 Å². The molecule has 4 aromatic heterocycles. The van der Waals surface area contributed by atoms with Gasteiger partial charge in [-0.2, -0.15) is 5.10 Å². The molecule has 1 atom stereocenters. The van der Waals surface area contributed by atoms with Gasteiger partial charge in [-0.15, -0.1) is 0 Å². The molecular weight excluding hydrogens is 881 g/mol. The fourth-order valence-electron chi connectivity index (χ4n) is 10.0. The van der Waals surface area contributed by atoms with E-state index in [1.807, 2.05) is 37.8 Å². The standard InChI is InChI=1S/C47H57F2N13O6/c1-47(2,3)62-44-37(42(50)53-26-54-44)38(56-62)39-36(41(68-57-39)28-4-5-28)43-51-24-29(25-52-43)27-8-14-61(15-9-27)46(65)66-21-20-58-12-10-30(11-13-58)59-16-18-60(19-17-59)40-32(48)22-31(23-33(40)49)67-34-6-7-35(63)55-45(34)64/h22-28,30,34H,4-21H2,1-3H3,(H2,50,53,54)(H,55,63,64). The van der Waals surface area contributed by atoms with E-state index in [1.54, 1.807) is 9.80 Å². The monoisotopic (exact) mass is 937 g/mol. The first-order valence-electron chi connectivity index (χ1n) is 23.7. The predicted molar refractivity (Wildman–Crippen MR) is 245 cm³/mol. The molecule has 8 heterocycles. The summed E-state index contributed by atoms with van der Waals surface area (Å²) in [5, 5.41) is 12.3. The molecule has 3 N–H and O–H groups in total. The summed E-state index contributed by atoms with van der Waals surface area (Å²) in [6, 6.07) is 2.56. The molecule has 21 heteroatoms. The number of nitrogens with one attached hydrogen (secondary N) is 1. The average Bonchev–Trinajstić information content (AvgIpc) is 3.94. The van der Waals surface area contributed by atoms with Crippen LogP contribution in [0.2, 0.25) is 0 Å². The lowest BCUT2D eigenvalue weighted by molar-refractivity contribution is -0.138. The highest BCUT2D eigenvalue weighted by molar-refractivity contribution is 6.01. The zero-order chi connectivity index (χ0) is 47.3. The Bertz CT molecular complexity index is 2660. The van der Waals surface area contributed by atoms with Crippen LogP contribution in [-0.2, 0) is 19.9 Å². The highest BCUT2D eigenvalue weighted by Crippen LogP contribution is 2.48. The number of carbonyl (C=O) groups excluding carboxylic acids is 3. The molecular formula is C47H57F2N13O6. The third kappa shape index (κ3) is 9.29. The van der Waals surface area contributed by atoms with Crippen molar-refractivity contribution in [2.24, 2.45) is 0 Å². The lowest BCUT2D eigenvalue weighted by Crippen LogP contribution is -2.53. The molecule has 68 heavy (non-hydrogen) atoms. The van der Waals surface area contributed by atoms with Gasteiger partial charge in [0, 0.05) is 95.1 Å². The number of rotatable bonds is 11. The van der Waals surface area contributed by atoms with Crippen molar-refractivity contribution < 1.29 is 37.2 Å². The minimum Gasteiger partial charge on any atom is -0.480 e. The molecule has 5 fully saturated rings. The number of halogens is 2. The summed E-state index contributed by atoms with van der Waals surface area (Å²) in [6.07, 6.45) is 9.57. The number of imide groups is 1. The van der Waals surface area contributed by atoms with Gasteiger partial charge in [0.1, 0.15) is 41.6 Å². The number of likely N-dealkylation sites (tertiary alicyclic amines) is 2. The van der Waals surface area contributed by atoms with Gasteiger partial charge >= 0.3 is 6.09 Å². The lowest BCUT2D eigenvalue weighted by Gasteiger charge is -2.43. The number of fused-ring (bicyclic) bond motifs is 1. The molecule has 5 aromatic rings. The summed E-state index contributed by atoms with van der Waals surface area (Å²) in [7, 11) is 0. The summed E-state index contributed by atoms with van der Waals surface area (Å²) in [5.74, 6) is -0.629. The number of aromatic nitrogens is 7. The molecule has 0 spiro atoms. The number of ether oxygens (including phenoxy) is 2. The molecule has 19 nitrogen and oxygen atoms in total. The van der Waals surface area contributed by atoms with Crippen LogP contribution < -0.4 is 20.7 Å². The molecule has 1 unspecified atom stereocenters. The van der Waals surface area contributed by atoms with E-state index in [2.05, 4.69) is 30.2 Å². The van der Waals surface area contributed by atoms with Crippen molar-refractivity contribution in [1.82, 2.24) is 54.9 Å². The zero-order valence-corrected chi connectivity index (χ0v) is 38.6. The summed E-state index contributed by atoms with van der Waals surface area (Å²) in [4.78, 5) is 63.3. The highest BCUT2D eigenvalue weighted by Gasteiger charge is 2.38. The molecule has 10 rings (SSSR count). The van der Waals surface area contributed by atoms with Crippen LogP contribution in [-0.4, -0.2) is 145 Å². The van der Waals surface area contributed by atoms with E-state index in [-0.39, 0.29) is 47.7 Å². The number of benzene rings is 1. The van der Waals surface area contributed by atoms with E-state index in [1.165, 1.54) is 6.33 Å². The van der Waals surface area contributed by atoms with Crippen molar-refractivity contribution >= 4 is 40.4 Å². The van der Waals surface area contributed by atoms with Gasteiger partial charge in [0.2, 0.25) is 5.91 Å². The Morgan fingerprint density at radius 1 is 0.868 bits per heavy atom. The maximum atomic E-state index is 15.2. The second kappa shape index (κ2) is 18.6. The Morgan fingerprint density at radius 2 is 1.57 bits per heavy atom. The smallest absolute Gasteiger partial charge is 0.409 e. The zero-order valence-electron chi connectivity index (χ0n) is 38.6. The molecule has 360 valence electrons. The quantitative estimate of drug-likeness (QED) is 0.162. The number of anilines is 2. The lowest BCUT2D eigenvalue weighted by atomic mass is 9.91. The van der Waals surface area contributed by atoms with Crippen LogP contribution in [0.4, 0.5) is 25.1 Å². The van der Waals surface area contributed by atoms with E-state index in [4.69, 9.17) is 34.8 Å². The van der Waals surface area contributed by atoms with Gasteiger partial charge in [-0.3, -0.25) is 24.7 Å². The summed E-state index contributed by atoms with van der Waals surface area (Å²) in [5.41, 5.74) is 9.29. The largest absolute Gasteiger partial charge is 0.480 e. The van der Waals surface area contributed by atoms with Gasteiger partial charge < -0.3 is 29.5 Å². The van der Waals surface area contributed by atoms with Crippen LogP contribution in [0.15, 0.2) is 35.4 Å². The summed E-state index contributed by atoms with van der Waals surface area (Å²) in [6.45, 7) is 12.3. The molecule has 1 saturated carbocycles. The maximum absolute atomic E-state index is 15.2. The second-order valence-corrected chi connectivity index (χ2v) is 19.5. The normalized spacial score (nSPS) is 20.6. The van der Waals surface area contributed by atoms with Gasteiger partial charge in [0.25, 0.3) is 5.91 Å². The van der Waals surface area contributed by atoms with E-state index in [9.17, 15) is 14.4 Å². The number of carbonyl (C=O) groups is 3. The topological polar surface area (TPSA) is 216 Å². The highest BCUT2D eigenvalue weighted by atomic mass is 19.1. The number of piperazine rings is 1. The first kappa shape index (κ1) is 45.4. The van der Waals surface area contributed by atoms with Crippen molar-refractivity contribution in [1.29, 1.82) is 0 Å². The molecule has 4 aliphatic heterocycles. The molecule has 1 aliphatic carbocycles. The fraction of sp³-hybridized carbons (Fsp3) is 0.553. The fourth-order valence-corrected chi connectivity index (χ4v) is 10.0. The van der Waals surface area contributed by atoms with Crippen LogP contribution in [0.3, 0.4) is 0 Å². The minimum absolute atomic E-state index is 0.0876. The van der Waals surface area contributed by atoms with Crippen LogP contribution in [0.1, 0.15) is 95.3 Å². The van der Waals surface area contributed by atoms with Crippen LogP contribution in [0, 0.1) is 11.6 Å². The first-order valence-corrected chi connectivity index (χ1v) is 23.7. The van der Waals surface area contributed by atoms with Crippen LogP contribution in [0.25, 0.3) is 33.8 Å².